The van der Waals surface area contributed by atoms with Crippen LogP contribution in [-0.2, 0) is 6.54 Å². The van der Waals surface area contributed by atoms with Crippen molar-refractivity contribution in [1.82, 2.24) is 9.80 Å². The molecule has 3 rings (SSSR count). The molecule has 198 valence electrons. The van der Waals surface area contributed by atoms with Gasteiger partial charge in [0.15, 0.2) is 11.5 Å². The number of hydrogen-bond acceptors (Lipinski definition) is 4. The fourth-order valence-electron chi connectivity index (χ4n) is 4.70. The topological polar surface area (TPSA) is 24.9 Å². The molecule has 0 spiro atoms. The van der Waals surface area contributed by atoms with E-state index in [0.29, 0.717) is 6.79 Å². The summed E-state index contributed by atoms with van der Waals surface area (Å²) in [5, 5.41) is 0. The summed E-state index contributed by atoms with van der Waals surface area (Å²) < 4.78 is 10.9. The van der Waals surface area contributed by atoms with Gasteiger partial charge < -0.3 is 9.47 Å². The van der Waals surface area contributed by atoms with Crippen molar-refractivity contribution in [2.24, 2.45) is 0 Å². The lowest BCUT2D eigenvalue weighted by molar-refractivity contribution is 0.136. The maximum absolute atomic E-state index is 5.52. The van der Waals surface area contributed by atoms with Gasteiger partial charge in [0, 0.05) is 39.3 Å². The molecule has 36 heavy (non-hydrogen) atoms. The monoisotopic (exact) mass is 492 g/mol. The van der Waals surface area contributed by atoms with Crippen LogP contribution in [0.1, 0.15) is 78.7 Å². The molecule has 0 atom stereocenters. The first-order valence-electron chi connectivity index (χ1n) is 13.8. The zero-order valence-corrected chi connectivity index (χ0v) is 23.4. The van der Waals surface area contributed by atoms with Crippen LogP contribution >= 0.6 is 0 Å². The quantitative estimate of drug-likeness (QED) is 0.264. The van der Waals surface area contributed by atoms with Gasteiger partial charge in [-0.1, -0.05) is 52.7 Å². The van der Waals surface area contributed by atoms with Gasteiger partial charge in [-0.2, -0.15) is 0 Å². The van der Waals surface area contributed by atoms with E-state index in [2.05, 4.69) is 80.9 Å². The van der Waals surface area contributed by atoms with E-state index >= 15 is 0 Å². The number of hydrogen-bond donors (Lipinski definition) is 0. The normalized spacial score (nSPS) is 17.5. The van der Waals surface area contributed by atoms with E-state index in [1.165, 1.54) is 60.0 Å². The highest BCUT2D eigenvalue weighted by Gasteiger charge is 2.18. The molecule has 2 aliphatic rings. The summed E-state index contributed by atoms with van der Waals surface area (Å²) in [7, 11) is 0. The highest BCUT2D eigenvalue weighted by Crippen LogP contribution is 2.32. The summed E-state index contributed by atoms with van der Waals surface area (Å²) >= 11 is 0. The van der Waals surface area contributed by atoms with Gasteiger partial charge >= 0.3 is 0 Å². The molecule has 4 heteroatoms. The largest absolute Gasteiger partial charge is 0.454 e. The van der Waals surface area contributed by atoms with Crippen LogP contribution < -0.4 is 9.47 Å². The highest BCUT2D eigenvalue weighted by atomic mass is 16.7. The van der Waals surface area contributed by atoms with Gasteiger partial charge in [0.1, 0.15) is 0 Å². The zero-order chi connectivity index (χ0) is 25.8. The number of rotatable bonds is 13. The van der Waals surface area contributed by atoms with Crippen molar-refractivity contribution >= 4 is 0 Å². The Morgan fingerprint density at radius 1 is 0.694 bits per heavy atom. The van der Waals surface area contributed by atoms with E-state index in [4.69, 9.17) is 9.47 Å². The smallest absolute Gasteiger partial charge is 0.231 e. The summed E-state index contributed by atoms with van der Waals surface area (Å²) in [5.74, 6) is 1.75. The second-order valence-electron chi connectivity index (χ2n) is 10.8. The van der Waals surface area contributed by atoms with E-state index in [1.807, 2.05) is 6.07 Å². The first-order chi connectivity index (χ1) is 17.4. The summed E-state index contributed by atoms with van der Waals surface area (Å²) in [6.45, 7) is 18.1. The number of nitrogens with zero attached hydrogens (tertiary/aromatic N) is 2. The maximum atomic E-state index is 5.52. The Balaban J connectivity index is 1.28. The third-order valence-electron chi connectivity index (χ3n) is 7.16. The number of allylic oxidation sites excluding steroid dienone is 7. The molecule has 0 N–H and O–H groups in total. The number of benzene rings is 1. The van der Waals surface area contributed by atoms with Gasteiger partial charge in [0.2, 0.25) is 6.79 Å². The molecule has 0 amide bonds. The third kappa shape index (κ3) is 10.4. The second-order valence-corrected chi connectivity index (χ2v) is 10.8. The van der Waals surface area contributed by atoms with E-state index in [0.717, 1.165) is 57.2 Å². The fourth-order valence-corrected chi connectivity index (χ4v) is 4.70. The Bertz CT molecular complexity index is 945. The van der Waals surface area contributed by atoms with Crippen LogP contribution in [0.2, 0.25) is 0 Å². The Hall–Kier alpha value is -2.30. The Labute approximate surface area is 220 Å². The Kier molecular flexibility index (Phi) is 11.8. The van der Waals surface area contributed by atoms with Gasteiger partial charge in [-0.3, -0.25) is 9.80 Å². The standard InChI is InChI=1S/C32H48N2O2/c1-26(2)9-6-10-27(3)11-7-12-28(4)13-8-14-29(5)17-18-33-19-21-34(22-20-33)24-30-15-16-31-32(23-30)36-25-35-31/h9,11,13,15-17,23H,6-8,10,12,14,18-22,24-25H2,1-5H3/b27-11+,28-13+,29-17+. The lowest BCUT2D eigenvalue weighted by atomic mass is 10.0. The molecule has 1 saturated heterocycles. The molecule has 2 heterocycles. The van der Waals surface area contributed by atoms with Crippen molar-refractivity contribution in [2.45, 2.75) is 79.7 Å². The third-order valence-corrected chi connectivity index (χ3v) is 7.16. The summed E-state index contributed by atoms with van der Waals surface area (Å²) in [6, 6.07) is 6.32. The van der Waals surface area contributed by atoms with Crippen molar-refractivity contribution in [1.29, 1.82) is 0 Å². The number of fused-ring (bicyclic) bond motifs is 1. The zero-order valence-electron chi connectivity index (χ0n) is 23.4. The van der Waals surface area contributed by atoms with Crippen molar-refractivity contribution in [3.63, 3.8) is 0 Å². The minimum absolute atomic E-state index is 0.342. The molecular weight excluding hydrogens is 444 g/mol. The highest BCUT2D eigenvalue weighted by molar-refractivity contribution is 5.44. The number of piperazine rings is 1. The van der Waals surface area contributed by atoms with Crippen LogP contribution in [0.4, 0.5) is 0 Å². The van der Waals surface area contributed by atoms with E-state index in [9.17, 15) is 0 Å². The van der Waals surface area contributed by atoms with Crippen LogP contribution in [0.3, 0.4) is 0 Å². The molecule has 0 radical (unpaired) electrons. The minimum Gasteiger partial charge on any atom is -0.454 e. The molecular formula is C32H48N2O2. The predicted molar refractivity (Wildman–Crippen MR) is 153 cm³/mol. The molecule has 0 bridgehead atoms. The SMILES string of the molecule is CC(C)=CCC/C(C)=C/CC/C(C)=C/CC/C(C)=C/CN1CCN(Cc2ccc3c(c2)OCO3)CC1. The van der Waals surface area contributed by atoms with Crippen LogP contribution in [0.5, 0.6) is 11.5 Å². The average Bonchev–Trinajstić information content (AvgIpc) is 3.31. The first-order valence-corrected chi connectivity index (χ1v) is 13.8. The Morgan fingerprint density at radius 3 is 1.89 bits per heavy atom. The van der Waals surface area contributed by atoms with Gasteiger partial charge in [-0.05, 0) is 90.8 Å². The summed E-state index contributed by atoms with van der Waals surface area (Å²) in [6.07, 6.45) is 16.7. The Morgan fingerprint density at radius 2 is 1.25 bits per heavy atom. The van der Waals surface area contributed by atoms with E-state index in [1.54, 1.807) is 0 Å². The molecule has 1 aromatic rings. The molecule has 0 unspecified atom stereocenters. The first kappa shape index (κ1) is 28.3. The maximum Gasteiger partial charge on any atom is 0.231 e. The molecule has 0 aromatic heterocycles. The van der Waals surface area contributed by atoms with Gasteiger partial charge in [0.05, 0.1) is 0 Å². The molecule has 1 fully saturated rings. The molecule has 1 aromatic carbocycles. The van der Waals surface area contributed by atoms with Crippen molar-refractivity contribution < 1.29 is 9.47 Å². The van der Waals surface area contributed by atoms with Crippen molar-refractivity contribution in [2.75, 3.05) is 39.5 Å². The molecule has 0 aliphatic carbocycles. The van der Waals surface area contributed by atoms with Gasteiger partial charge in [0.25, 0.3) is 0 Å². The average molecular weight is 493 g/mol. The van der Waals surface area contributed by atoms with Crippen molar-refractivity contribution in [3.8, 4) is 11.5 Å². The van der Waals surface area contributed by atoms with Crippen LogP contribution in [0, 0.1) is 0 Å². The van der Waals surface area contributed by atoms with E-state index in [-0.39, 0.29) is 0 Å². The van der Waals surface area contributed by atoms with Gasteiger partial charge in [-0.25, -0.2) is 0 Å². The molecule has 0 saturated carbocycles. The molecule has 2 aliphatic heterocycles. The van der Waals surface area contributed by atoms with Crippen LogP contribution in [0.15, 0.2) is 64.8 Å². The minimum atomic E-state index is 0.342. The lowest BCUT2D eigenvalue weighted by Gasteiger charge is -2.34. The van der Waals surface area contributed by atoms with Crippen LogP contribution in [-0.4, -0.2) is 49.3 Å². The second kappa shape index (κ2) is 15.1. The van der Waals surface area contributed by atoms with E-state index < -0.39 is 0 Å². The van der Waals surface area contributed by atoms with Crippen molar-refractivity contribution in [3.05, 3.63) is 70.4 Å². The van der Waals surface area contributed by atoms with Gasteiger partial charge in [-0.15, -0.1) is 0 Å². The summed E-state index contributed by atoms with van der Waals surface area (Å²) in [5.41, 5.74) is 7.28. The fraction of sp³-hybridized carbons (Fsp3) is 0.562. The molecule has 4 nitrogen and oxygen atoms in total. The lowest BCUT2D eigenvalue weighted by Crippen LogP contribution is -2.45. The number of ether oxygens (including phenoxy) is 2. The summed E-state index contributed by atoms with van der Waals surface area (Å²) in [4.78, 5) is 5.12. The van der Waals surface area contributed by atoms with Crippen LogP contribution in [0.25, 0.3) is 0 Å². The predicted octanol–water partition coefficient (Wildman–Crippen LogP) is 7.68.